The van der Waals surface area contributed by atoms with Gasteiger partial charge >= 0.3 is 5.97 Å². The van der Waals surface area contributed by atoms with Crippen LogP contribution in [0.5, 0.6) is 11.5 Å². The Balaban J connectivity index is 1.99. The zero-order valence-electron chi connectivity index (χ0n) is 11.3. The number of hydrogen-bond acceptors (Lipinski definition) is 3. The molecule has 2 rings (SSSR count). The predicted molar refractivity (Wildman–Crippen MR) is 69.7 cm³/mol. The van der Waals surface area contributed by atoms with E-state index >= 15 is 0 Å². The molecule has 1 aliphatic carbocycles. The lowest BCUT2D eigenvalue weighted by Crippen LogP contribution is -2.25. The van der Waals surface area contributed by atoms with Crippen LogP contribution in [0.1, 0.15) is 32.6 Å². The van der Waals surface area contributed by atoms with E-state index in [1.54, 1.807) is 6.07 Å². The minimum atomic E-state index is -0.572. The zero-order valence-corrected chi connectivity index (χ0v) is 11.3. The van der Waals surface area contributed by atoms with E-state index in [4.69, 9.17) is 9.47 Å². The minimum Gasteiger partial charge on any atom is -0.497 e. The van der Waals surface area contributed by atoms with Crippen LogP contribution in [0.3, 0.4) is 0 Å². The second-order valence-corrected chi connectivity index (χ2v) is 5.17. The molecule has 1 saturated carbocycles. The highest BCUT2D eigenvalue weighted by atomic mass is 19.1. The fourth-order valence-corrected chi connectivity index (χ4v) is 2.38. The van der Waals surface area contributed by atoms with Gasteiger partial charge in [-0.05, 0) is 43.7 Å². The molecule has 0 aliphatic heterocycles. The van der Waals surface area contributed by atoms with Crippen LogP contribution in [0.15, 0.2) is 18.2 Å². The molecule has 0 amide bonds. The maximum Gasteiger partial charge on any atom is 0.314 e. The van der Waals surface area contributed by atoms with Gasteiger partial charge in [-0.15, -0.1) is 0 Å². The molecule has 104 valence electrons. The van der Waals surface area contributed by atoms with Crippen molar-refractivity contribution in [3.63, 3.8) is 0 Å². The van der Waals surface area contributed by atoms with Crippen molar-refractivity contribution >= 4 is 5.97 Å². The highest BCUT2D eigenvalue weighted by Crippen LogP contribution is 2.30. The zero-order chi connectivity index (χ0) is 13.8. The minimum absolute atomic E-state index is 0.0237. The number of rotatable bonds is 3. The summed E-state index contributed by atoms with van der Waals surface area (Å²) in [6.45, 7) is 2.19. The van der Waals surface area contributed by atoms with Crippen LogP contribution in [0.25, 0.3) is 0 Å². The molecule has 1 aromatic carbocycles. The number of carbonyl (C=O) groups is 1. The highest BCUT2D eigenvalue weighted by molar-refractivity contribution is 5.75. The summed E-state index contributed by atoms with van der Waals surface area (Å²) in [6, 6.07) is 4.22. The van der Waals surface area contributed by atoms with Gasteiger partial charge in [0.1, 0.15) is 5.75 Å². The lowest BCUT2D eigenvalue weighted by molar-refractivity contribution is -0.140. The monoisotopic (exact) mass is 266 g/mol. The molecule has 0 radical (unpaired) electrons. The van der Waals surface area contributed by atoms with Gasteiger partial charge in [0, 0.05) is 6.07 Å². The summed E-state index contributed by atoms with van der Waals surface area (Å²) in [5.74, 6) is 0.0560. The number of carbonyl (C=O) groups excluding carboxylic acids is 1. The smallest absolute Gasteiger partial charge is 0.314 e. The average Bonchev–Trinajstić information content (AvgIpc) is 2.41. The molecule has 3 nitrogen and oxygen atoms in total. The van der Waals surface area contributed by atoms with Gasteiger partial charge in [-0.2, -0.15) is 0 Å². The Bertz CT molecular complexity index is 451. The summed E-state index contributed by atoms with van der Waals surface area (Å²) in [5, 5.41) is 0. The van der Waals surface area contributed by atoms with Crippen molar-refractivity contribution in [1.82, 2.24) is 0 Å². The van der Waals surface area contributed by atoms with E-state index in [0.29, 0.717) is 11.7 Å². The molecular formula is C15H19FO3. The second kappa shape index (κ2) is 6.04. The van der Waals surface area contributed by atoms with Gasteiger partial charge in [0.2, 0.25) is 0 Å². The number of esters is 1. The number of ether oxygens (including phenoxy) is 2. The fourth-order valence-electron chi connectivity index (χ4n) is 2.38. The maximum absolute atomic E-state index is 13.7. The first-order valence-corrected chi connectivity index (χ1v) is 6.65. The Morgan fingerprint density at radius 3 is 2.53 bits per heavy atom. The number of methoxy groups -OCH3 is 1. The lowest BCUT2D eigenvalue weighted by atomic mass is 9.83. The van der Waals surface area contributed by atoms with Crippen molar-refractivity contribution in [2.24, 2.45) is 11.8 Å². The van der Waals surface area contributed by atoms with Crippen molar-refractivity contribution in [3.05, 3.63) is 24.0 Å². The fraction of sp³-hybridized carbons (Fsp3) is 0.533. The van der Waals surface area contributed by atoms with Gasteiger partial charge in [0.15, 0.2) is 11.6 Å². The van der Waals surface area contributed by atoms with Gasteiger partial charge in [0.05, 0.1) is 13.0 Å². The molecule has 0 bridgehead atoms. The molecule has 0 saturated heterocycles. The van der Waals surface area contributed by atoms with Crippen LogP contribution in [0.2, 0.25) is 0 Å². The van der Waals surface area contributed by atoms with Crippen LogP contribution in [-0.4, -0.2) is 13.1 Å². The summed E-state index contributed by atoms with van der Waals surface area (Å²) in [4.78, 5) is 12.0. The van der Waals surface area contributed by atoms with E-state index in [0.717, 1.165) is 25.7 Å². The van der Waals surface area contributed by atoms with Gasteiger partial charge in [-0.1, -0.05) is 6.92 Å². The van der Waals surface area contributed by atoms with Crippen LogP contribution in [0, 0.1) is 17.7 Å². The van der Waals surface area contributed by atoms with E-state index in [2.05, 4.69) is 6.92 Å². The standard InChI is InChI=1S/C15H19FO3/c1-10-3-5-11(6-4-10)15(17)19-14-8-7-12(18-2)9-13(14)16/h7-11H,3-6H2,1-2H3. The van der Waals surface area contributed by atoms with E-state index in [1.165, 1.54) is 19.2 Å². The van der Waals surface area contributed by atoms with Gasteiger partial charge < -0.3 is 9.47 Å². The molecule has 1 aliphatic rings. The molecule has 0 atom stereocenters. The molecule has 4 heteroatoms. The Morgan fingerprint density at radius 1 is 1.26 bits per heavy atom. The maximum atomic E-state index is 13.7. The van der Waals surface area contributed by atoms with Crippen LogP contribution in [0.4, 0.5) is 4.39 Å². The van der Waals surface area contributed by atoms with Crippen molar-refractivity contribution in [3.8, 4) is 11.5 Å². The molecule has 1 aromatic rings. The summed E-state index contributed by atoms with van der Waals surface area (Å²) in [5.41, 5.74) is 0. The Hall–Kier alpha value is -1.58. The quantitative estimate of drug-likeness (QED) is 0.620. The van der Waals surface area contributed by atoms with Crippen molar-refractivity contribution in [2.45, 2.75) is 32.6 Å². The van der Waals surface area contributed by atoms with Crippen molar-refractivity contribution in [2.75, 3.05) is 7.11 Å². The molecular weight excluding hydrogens is 247 g/mol. The summed E-state index contributed by atoms with van der Waals surface area (Å²) < 4.78 is 23.7. The van der Waals surface area contributed by atoms with Gasteiger partial charge in [-0.3, -0.25) is 4.79 Å². The lowest BCUT2D eigenvalue weighted by Gasteiger charge is -2.24. The number of benzene rings is 1. The average molecular weight is 266 g/mol. The SMILES string of the molecule is COc1ccc(OC(=O)C2CCC(C)CC2)c(F)c1. The Labute approximate surface area is 112 Å². The van der Waals surface area contributed by atoms with Crippen molar-refractivity contribution in [1.29, 1.82) is 0 Å². The summed E-state index contributed by atoms with van der Waals surface area (Å²) >= 11 is 0. The van der Waals surface area contributed by atoms with E-state index in [1.807, 2.05) is 0 Å². The largest absolute Gasteiger partial charge is 0.497 e. The molecule has 0 aromatic heterocycles. The third-order valence-electron chi connectivity index (χ3n) is 3.70. The molecule has 0 N–H and O–H groups in total. The van der Waals surface area contributed by atoms with Crippen LogP contribution in [-0.2, 0) is 4.79 Å². The van der Waals surface area contributed by atoms with Crippen LogP contribution >= 0.6 is 0 Å². The molecule has 0 spiro atoms. The Morgan fingerprint density at radius 2 is 1.95 bits per heavy atom. The molecule has 19 heavy (non-hydrogen) atoms. The third kappa shape index (κ3) is 3.46. The number of halogens is 1. The topological polar surface area (TPSA) is 35.5 Å². The molecule has 0 heterocycles. The summed E-state index contributed by atoms with van der Waals surface area (Å²) in [7, 11) is 1.46. The first-order valence-electron chi connectivity index (χ1n) is 6.65. The van der Waals surface area contributed by atoms with Crippen LogP contribution < -0.4 is 9.47 Å². The Kier molecular flexibility index (Phi) is 4.40. The summed E-state index contributed by atoms with van der Waals surface area (Å²) in [6.07, 6.45) is 3.73. The first-order chi connectivity index (χ1) is 9.10. The first kappa shape index (κ1) is 13.8. The highest BCUT2D eigenvalue weighted by Gasteiger charge is 2.26. The van der Waals surface area contributed by atoms with E-state index in [-0.39, 0.29) is 17.6 Å². The van der Waals surface area contributed by atoms with E-state index < -0.39 is 5.82 Å². The third-order valence-corrected chi connectivity index (χ3v) is 3.70. The van der Waals surface area contributed by atoms with Crippen molar-refractivity contribution < 1.29 is 18.7 Å². The van der Waals surface area contributed by atoms with Gasteiger partial charge in [0.25, 0.3) is 0 Å². The normalized spacial score (nSPS) is 22.9. The second-order valence-electron chi connectivity index (χ2n) is 5.17. The molecule has 1 fully saturated rings. The van der Waals surface area contributed by atoms with E-state index in [9.17, 15) is 9.18 Å². The predicted octanol–water partition coefficient (Wildman–Crippen LogP) is 3.57. The molecule has 0 unspecified atom stereocenters. The number of hydrogen-bond donors (Lipinski definition) is 0. The van der Waals surface area contributed by atoms with Gasteiger partial charge in [-0.25, -0.2) is 4.39 Å².